The van der Waals surface area contributed by atoms with Crippen molar-refractivity contribution < 1.29 is 14.7 Å². The summed E-state index contributed by atoms with van der Waals surface area (Å²) >= 11 is 1.51. The van der Waals surface area contributed by atoms with E-state index in [1.54, 1.807) is 29.9 Å². The Labute approximate surface area is 126 Å². The molecule has 7 heteroatoms. The normalized spacial score (nSPS) is 11.9. The van der Waals surface area contributed by atoms with Crippen LogP contribution in [0.1, 0.15) is 16.7 Å². The standard InChI is InChI=1S/C14H17N3O3S/c1-17-6-2-5-11(17)12(18)9-16-14(20)13(19)15-8-10-4-3-7-21-10/h2-7,12,18H,8-9H2,1H3,(H,15,19)(H,16,20)/t12-/m0/s1. The molecule has 1 atom stereocenters. The number of carbonyl (C=O) groups excluding carboxylic acids is 2. The molecule has 6 nitrogen and oxygen atoms in total. The van der Waals surface area contributed by atoms with Crippen molar-refractivity contribution >= 4 is 23.2 Å². The van der Waals surface area contributed by atoms with Gasteiger partial charge in [-0.1, -0.05) is 6.07 Å². The van der Waals surface area contributed by atoms with Crippen molar-refractivity contribution in [2.24, 2.45) is 7.05 Å². The first-order chi connectivity index (χ1) is 10.1. The van der Waals surface area contributed by atoms with Crippen molar-refractivity contribution in [2.45, 2.75) is 12.6 Å². The summed E-state index contributed by atoms with van der Waals surface area (Å²) in [5, 5.41) is 16.8. The van der Waals surface area contributed by atoms with Crippen LogP contribution >= 0.6 is 11.3 Å². The van der Waals surface area contributed by atoms with E-state index in [0.29, 0.717) is 12.2 Å². The summed E-state index contributed by atoms with van der Waals surface area (Å²) in [5.41, 5.74) is 0.675. The molecule has 0 radical (unpaired) electrons. The third-order valence-corrected chi connectivity index (χ3v) is 3.87. The first-order valence-electron chi connectivity index (χ1n) is 6.45. The van der Waals surface area contributed by atoms with E-state index in [2.05, 4.69) is 10.6 Å². The Balaban J connectivity index is 1.76. The second-order valence-electron chi connectivity index (χ2n) is 4.53. The fourth-order valence-electron chi connectivity index (χ4n) is 1.86. The lowest BCUT2D eigenvalue weighted by atomic mass is 10.2. The average Bonchev–Trinajstić information content (AvgIpc) is 3.12. The molecule has 2 rings (SSSR count). The average molecular weight is 307 g/mol. The lowest BCUT2D eigenvalue weighted by Crippen LogP contribution is -2.41. The molecule has 0 unspecified atom stereocenters. The molecule has 2 heterocycles. The van der Waals surface area contributed by atoms with Gasteiger partial charge in [0.2, 0.25) is 0 Å². The molecule has 0 saturated heterocycles. The SMILES string of the molecule is Cn1cccc1[C@@H](O)CNC(=O)C(=O)NCc1cccs1. The minimum Gasteiger partial charge on any atom is -0.385 e. The van der Waals surface area contributed by atoms with Crippen LogP contribution in [0.25, 0.3) is 0 Å². The van der Waals surface area contributed by atoms with Gasteiger partial charge in [0.15, 0.2) is 0 Å². The van der Waals surface area contributed by atoms with E-state index < -0.39 is 17.9 Å². The second kappa shape index (κ2) is 7.05. The smallest absolute Gasteiger partial charge is 0.309 e. The molecule has 0 aliphatic carbocycles. The number of nitrogens with one attached hydrogen (secondary N) is 2. The van der Waals surface area contributed by atoms with Gasteiger partial charge in [0.1, 0.15) is 6.10 Å². The molecule has 0 saturated carbocycles. The molecular formula is C14H17N3O3S. The predicted octanol–water partition coefficient (Wildman–Crippen LogP) is 0.553. The van der Waals surface area contributed by atoms with Gasteiger partial charge < -0.3 is 20.3 Å². The van der Waals surface area contributed by atoms with Gasteiger partial charge in [-0.2, -0.15) is 0 Å². The largest absolute Gasteiger partial charge is 0.385 e. The first-order valence-corrected chi connectivity index (χ1v) is 7.33. The highest BCUT2D eigenvalue weighted by atomic mass is 32.1. The van der Waals surface area contributed by atoms with Crippen LogP contribution in [0, 0.1) is 0 Å². The van der Waals surface area contributed by atoms with Gasteiger partial charge in [-0.3, -0.25) is 9.59 Å². The molecule has 0 aliphatic rings. The molecule has 2 amide bonds. The number of aryl methyl sites for hydroxylation is 1. The van der Waals surface area contributed by atoms with E-state index in [1.807, 2.05) is 17.5 Å². The Hall–Kier alpha value is -2.12. The summed E-state index contributed by atoms with van der Waals surface area (Å²) in [6.07, 6.45) is 0.952. The molecule has 0 fully saturated rings. The number of thiophene rings is 1. The zero-order valence-electron chi connectivity index (χ0n) is 11.6. The topological polar surface area (TPSA) is 83.4 Å². The second-order valence-corrected chi connectivity index (χ2v) is 5.56. The van der Waals surface area contributed by atoms with Crippen molar-refractivity contribution in [2.75, 3.05) is 6.54 Å². The van der Waals surface area contributed by atoms with Gasteiger partial charge in [-0.05, 0) is 23.6 Å². The summed E-state index contributed by atoms with van der Waals surface area (Å²) in [5.74, 6) is -1.46. The zero-order valence-corrected chi connectivity index (χ0v) is 12.4. The van der Waals surface area contributed by atoms with Crippen LogP contribution in [0.4, 0.5) is 0 Å². The number of rotatable bonds is 5. The molecule has 0 bridgehead atoms. The highest BCUT2D eigenvalue weighted by Gasteiger charge is 2.16. The van der Waals surface area contributed by atoms with Crippen molar-refractivity contribution in [3.63, 3.8) is 0 Å². The van der Waals surface area contributed by atoms with Crippen LogP contribution in [-0.4, -0.2) is 28.0 Å². The third-order valence-electron chi connectivity index (χ3n) is 2.99. The molecule has 0 aromatic carbocycles. The number of aromatic nitrogens is 1. The van der Waals surface area contributed by atoms with Gasteiger partial charge >= 0.3 is 11.8 Å². The zero-order chi connectivity index (χ0) is 15.2. The van der Waals surface area contributed by atoms with E-state index >= 15 is 0 Å². The third kappa shape index (κ3) is 4.17. The van der Waals surface area contributed by atoms with Gasteiger partial charge in [-0.15, -0.1) is 11.3 Å². The molecule has 2 aromatic heterocycles. The van der Waals surface area contributed by atoms with Crippen LogP contribution in [0.15, 0.2) is 35.8 Å². The molecule has 0 aliphatic heterocycles. The number of hydrogen-bond acceptors (Lipinski definition) is 4. The Morgan fingerprint density at radius 2 is 2.05 bits per heavy atom. The highest BCUT2D eigenvalue weighted by molar-refractivity contribution is 7.09. The predicted molar refractivity (Wildman–Crippen MR) is 79.5 cm³/mol. The lowest BCUT2D eigenvalue weighted by molar-refractivity contribution is -0.139. The number of hydrogen-bond donors (Lipinski definition) is 3. The first kappa shape index (κ1) is 15.3. The maximum Gasteiger partial charge on any atom is 0.309 e. The monoisotopic (exact) mass is 307 g/mol. The van der Waals surface area contributed by atoms with E-state index in [4.69, 9.17) is 0 Å². The molecule has 0 spiro atoms. The fraction of sp³-hybridized carbons (Fsp3) is 0.286. The molecule has 2 aromatic rings. The number of amides is 2. The number of nitrogens with zero attached hydrogens (tertiary/aromatic N) is 1. The van der Waals surface area contributed by atoms with Crippen LogP contribution in [0.2, 0.25) is 0 Å². The minimum absolute atomic E-state index is 0.0108. The van der Waals surface area contributed by atoms with E-state index in [0.717, 1.165) is 4.88 Å². The van der Waals surface area contributed by atoms with E-state index in [1.165, 1.54) is 11.3 Å². The van der Waals surface area contributed by atoms with Crippen LogP contribution < -0.4 is 10.6 Å². The summed E-state index contributed by atoms with van der Waals surface area (Å²) < 4.78 is 1.76. The van der Waals surface area contributed by atoms with E-state index in [-0.39, 0.29) is 6.54 Å². The fourth-order valence-corrected chi connectivity index (χ4v) is 2.50. The Morgan fingerprint density at radius 1 is 1.29 bits per heavy atom. The van der Waals surface area contributed by atoms with Gasteiger partial charge in [0.25, 0.3) is 0 Å². The highest BCUT2D eigenvalue weighted by Crippen LogP contribution is 2.11. The molecular weight excluding hydrogens is 290 g/mol. The minimum atomic E-state index is -0.848. The number of carbonyl (C=O) groups is 2. The number of aliphatic hydroxyl groups is 1. The molecule has 112 valence electrons. The van der Waals surface area contributed by atoms with E-state index in [9.17, 15) is 14.7 Å². The Morgan fingerprint density at radius 3 is 2.67 bits per heavy atom. The number of aliphatic hydroxyl groups excluding tert-OH is 1. The Kier molecular flexibility index (Phi) is 5.13. The van der Waals surface area contributed by atoms with Crippen LogP contribution in [0.3, 0.4) is 0 Å². The van der Waals surface area contributed by atoms with Crippen molar-refractivity contribution in [1.29, 1.82) is 0 Å². The van der Waals surface area contributed by atoms with Gasteiger partial charge in [-0.25, -0.2) is 0 Å². The summed E-state index contributed by atoms with van der Waals surface area (Å²) in [4.78, 5) is 24.2. The maximum absolute atomic E-state index is 11.6. The van der Waals surface area contributed by atoms with Crippen molar-refractivity contribution in [1.82, 2.24) is 15.2 Å². The van der Waals surface area contributed by atoms with Crippen molar-refractivity contribution in [3.05, 3.63) is 46.4 Å². The summed E-state index contributed by atoms with van der Waals surface area (Å²) in [7, 11) is 1.80. The molecule has 21 heavy (non-hydrogen) atoms. The van der Waals surface area contributed by atoms with Gasteiger partial charge in [0.05, 0.1) is 6.54 Å². The van der Waals surface area contributed by atoms with Crippen LogP contribution in [0.5, 0.6) is 0 Å². The van der Waals surface area contributed by atoms with Crippen LogP contribution in [-0.2, 0) is 23.2 Å². The lowest BCUT2D eigenvalue weighted by Gasteiger charge is -2.12. The van der Waals surface area contributed by atoms with Gasteiger partial charge in [0, 0.05) is 30.4 Å². The molecule has 3 N–H and O–H groups in total. The van der Waals surface area contributed by atoms with Crippen molar-refractivity contribution in [3.8, 4) is 0 Å². The summed E-state index contributed by atoms with van der Waals surface area (Å²) in [6, 6.07) is 7.31. The Bertz CT molecular complexity index is 607. The maximum atomic E-state index is 11.6. The quantitative estimate of drug-likeness (QED) is 0.706. The summed E-state index contributed by atoms with van der Waals surface area (Å²) in [6.45, 7) is 0.313.